The summed E-state index contributed by atoms with van der Waals surface area (Å²) in [6.45, 7) is 1.50. The smallest absolute Gasteiger partial charge is 0.304 e. The van der Waals surface area contributed by atoms with Crippen LogP contribution in [0.2, 0.25) is 0 Å². The number of hydrogen-bond donors (Lipinski definition) is 0. The monoisotopic (exact) mass is 322 g/mol. The van der Waals surface area contributed by atoms with E-state index in [9.17, 15) is 14.4 Å². The third-order valence-corrected chi connectivity index (χ3v) is 3.98. The molecule has 1 fully saturated rings. The number of rotatable bonds is 5. The van der Waals surface area contributed by atoms with E-state index in [1.165, 1.54) is 11.8 Å². The number of Topliss-reactive ketones (excluding diaryl/α,β-unsaturated/α-hetero) is 1. The SMILES string of the molecule is CC(=O)CN1C(=O)[C@H](c2ccccc2)N(Cc2ccccc2)C1=O. The molecule has 0 spiro atoms. The summed E-state index contributed by atoms with van der Waals surface area (Å²) in [4.78, 5) is 39.5. The minimum atomic E-state index is -0.696. The molecule has 3 rings (SSSR count). The van der Waals surface area contributed by atoms with Crippen molar-refractivity contribution in [1.82, 2.24) is 9.80 Å². The van der Waals surface area contributed by atoms with Crippen LogP contribution in [-0.2, 0) is 16.1 Å². The third-order valence-electron chi connectivity index (χ3n) is 3.98. The molecular formula is C19H18N2O3. The molecular weight excluding hydrogens is 304 g/mol. The maximum atomic E-state index is 12.8. The second-order valence-electron chi connectivity index (χ2n) is 5.84. The highest BCUT2D eigenvalue weighted by atomic mass is 16.2. The van der Waals surface area contributed by atoms with Crippen molar-refractivity contribution in [1.29, 1.82) is 0 Å². The summed E-state index contributed by atoms with van der Waals surface area (Å²) in [5.41, 5.74) is 1.68. The highest BCUT2D eigenvalue weighted by molar-refractivity contribution is 6.06. The van der Waals surface area contributed by atoms with Crippen molar-refractivity contribution >= 4 is 17.7 Å². The summed E-state index contributed by atoms with van der Waals surface area (Å²) in [5, 5.41) is 0. The number of carbonyl (C=O) groups excluding carboxylic acids is 3. The summed E-state index contributed by atoms with van der Waals surface area (Å²) in [6.07, 6.45) is 0. The van der Waals surface area contributed by atoms with E-state index in [-0.39, 0.29) is 18.2 Å². The van der Waals surface area contributed by atoms with Gasteiger partial charge < -0.3 is 4.90 Å². The Bertz CT molecular complexity index is 759. The Morgan fingerprint density at radius 1 is 0.958 bits per heavy atom. The van der Waals surface area contributed by atoms with Gasteiger partial charge >= 0.3 is 6.03 Å². The van der Waals surface area contributed by atoms with Gasteiger partial charge in [0, 0.05) is 6.54 Å². The van der Waals surface area contributed by atoms with Crippen LogP contribution in [0.3, 0.4) is 0 Å². The Kier molecular flexibility index (Phi) is 4.42. The molecule has 1 heterocycles. The minimum Gasteiger partial charge on any atom is -0.304 e. The van der Waals surface area contributed by atoms with Crippen molar-refractivity contribution in [2.24, 2.45) is 0 Å². The fourth-order valence-electron chi connectivity index (χ4n) is 2.91. The average molecular weight is 322 g/mol. The Labute approximate surface area is 140 Å². The summed E-state index contributed by atoms with van der Waals surface area (Å²) in [7, 11) is 0. The number of hydrogen-bond acceptors (Lipinski definition) is 3. The molecule has 0 bridgehead atoms. The molecule has 1 aliphatic heterocycles. The molecule has 0 aliphatic carbocycles. The van der Waals surface area contributed by atoms with Crippen molar-refractivity contribution < 1.29 is 14.4 Å². The zero-order valence-electron chi connectivity index (χ0n) is 13.4. The van der Waals surface area contributed by atoms with E-state index in [0.717, 1.165) is 16.0 Å². The van der Waals surface area contributed by atoms with Crippen LogP contribution in [0.15, 0.2) is 60.7 Å². The van der Waals surface area contributed by atoms with Crippen LogP contribution in [-0.4, -0.2) is 34.1 Å². The van der Waals surface area contributed by atoms with E-state index in [4.69, 9.17) is 0 Å². The van der Waals surface area contributed by atoms with Gasteiger partial charge in [-0.05, 0) is 18.1 Å². The first kappa shape index (κ1) is 15.9. The van der Waals surface area contributed by atoms with Crippen molar-refractivity contribution in [3.05, 3.63) is 71.8 Å². The van der Waals surface area contributed by atoms with Gasteiger partial charge in [-0.3, -0.25) is 14.5 Å². The first-order chi connectivity index (χ1) is 11.6. The van der Waals surface area contributed by atoms with E-state index in [2.05, 4.69) is 0 Å². The minimum absolute atomic E-state index is 0.188. The lowest BCUT2D eigenvalue weighted by atomic mass is 10.1. The molecule has 1 aliphatic rings. The zero-order chi connectivity index (χ0) is 17.1. The average Bonchev–Trinajstić information content (AvgIpc) is 2.81. The molecule has 5 heteroatoms. The van der Waals surface area contributed by atoms with Gasteiger partial charge in [0.05, 0.1) is 6.54 Å². The van der Waals surface area contributed by atoms with E-state index >= 15 is 0 Å². The molecule has 2 aromatic rings. The fourth-order valence-corrected chi connectivity index (χ4v) is 2.91. The van der Waals surface area contributed by atoms with Crippen LogP contribution in [0.1, 0.15) is 24.1 Å². The van der Waals surface area contributed by atoms with E-state index in [1.54, 1.807) is 0 Å². The first-order valence-corrected chi connectivity index (χ1v) is 7.78. The van der Waals surface area contributed by atoms with Gasteiger partial charge in [-0.15, -0.1) is 0 Å². The van der Waals surface area contributed by atoms with Crippen LogP contribution < -0.4 is 0 Å². The zero-order valence-corrected chi connectivity index (χ0v) is 13.4. The fraction of sp³-hybridized carbons (Fsp3) is 0.211. The molecule has 1 atom stereocenters. The summed E-state index contributed by atoms with van der Waals surface area (Å²) in [5.74, 6) is -0.567. The van der Waals surface area contributed by atoms with Crippen LogP contribution >= 0.6 is 0 Å². The van der Waals surface area contributed by atoms with Gasteiger partial charge in [0.1, 0.15) is 11.8 Å². The Morgan fingerprint density at radius 2 is 1.54 bits per heavy atom. The molecule has 3 amide bonds. The summed E-state index contributed by atoms with van der Waals surface area (Å²) < 4.78 is 0. The van der Waals surface area contributed by atoms with E-state index in [0.29, 0.717) is 6.54 Å². The number of nitrogens with zero attached hydrogens (tertiary/aromatic N) is 2. The molecule has 122 valence electrons. The molecule has 1 saturated heterocycles. The van der Waals surface area contributed by atoms with Gasteiger partial charge in [0.15, 0.2) is 0 Å². The number of carbonyl (C=O) groups is 3. The van der Waals surface area contributed by atoms with Crippen LogP contribution in [0.4, 0.5) is 4.79 Å². The van der Waals surface area contributed by atoms with Gasteiger partial charge in [-0.1, -0.05) is 60.7 Å². The third kappa shape index (κ3) is 3.06. The molecule has 5 nitrogen and oxygen atoms in total. The maximum Gasteiger partial charge on any atom is 0.328 e. The van der Waals surface area contributed by atoms with Gasteiger partial charge in [0.2, 0.25) is 0 Å². The maximum absolute atomic E-state index is 12.8. The van der Waals surface area contributed by atoms with E-state index < -0.39 is 12.1 Å². The Hall–Kier alpha value is -2.95. The number of urea groups is 1. The van der Waals surface area contributed by atoms with Crippen molar-refractivity contribution in [2.75, 3.05) is 6.54 Å². The van der Waals surface area contributed by atoms with Crippen molar-refractivity contribution in [2.45, 2.75) is 19.5 Å². The van der Waals surface area contributed by atoms with Gasteiger partial charge in [-0.2, -0.15) is 0 Å². The molecule has 0 N–H and O–H groups in total. The summed E-state index contributed by atoms with van der Waals surface area (Å²) >= 11 is 0. The molecule has 0 unspecified atom stereocenters. The number of imide groups is 1. The van der Waals surface area contributed by atoms with Crippen LogP contribution in [0, 0.1) is 0 Å². The lowest BCUT2D eigenvalue weighted by Gasteiger charge is -2.22. The van der Waals surface area contributed by atoms with Crippen LogP contribution in [0.5, 0.6) is 0 Å². The topological polar surface area (TPSA) is 57.7 Å². The number of ketones is 1. The summed E-state index contributed by atoms with van der Waals surface area (Å²) in [6, 6.07) is 17.6. The molecule has 0 saturated carbocycles. The standard InChI is InChI=1S/C19H18N2O3/c1-14(22)12-21-18(23)17(16-10-6-3-7-11-16)20(19(21)24)13-15-8-4-2-5-9-15/h2-11,17H,12-13H2,1H3/t17-/m0/s1. The second-order valence-corrected chi connectivity index (χ2v) is 5.84. The first-order valence-electron chi connectivity index (χ1n) is 7.78. The highest BCUT2D eigenvalue weighted by Crippen LogP contribution is 2.32. The van der Waals surface area contributed by atoms with Crippen molar-refractivity contribution in [3.63, 3.8) is 0 Å². The van der Waals surface area contributed by atoms with Crippen molar-refractivity contribution in [3.8, 4) is 0 Å². The second kappa shape index (κ2) is 6.66. The largest absolute Gasteiger partial charge is 0.328 e. The molecule has 0 radical (unpaired) electrons. The Balaban J connectivity index is 1.96. The van der Waals surface area contributed by atoms with E-state index in [1.807, 2.05) is 60.7 Å². The predicted molar refractivity (Wildman–Crippen MR) is 89.0 cm³/mol. The normalized spacial score (nSPS) is 17.5. The lowest BCUT2D eigenvalue weighted by Crippen LogP contribution is -2.36. The molecule has 24 heavy (non-hydrogen) atoms. The Morgan fingerprint density at radius 3 is 2.12 bits per heavy atom. The quantitative estimate of drug-likeness (QED) is 0.795. The molecule has 2 aromatic carbocycles. The highest BCUT2D eigenvalue weighted by Gasteiger charge is 2.45. The van der Waals surface area contributed by atoms with Gasteiger partial charge in [-0.25, -0.2) is 4.79 Å². The van der Waals surface area contributed by atoms with Crippen LogP contribution in [0.25, 0.3) is 0 Å². The van der Waals surface area contributed by atoms with Gasteiger partial charge in [0.25, 0.3) is 5.91 Å². The predicted octanol–water partition coefficient (Wildman–Crippen LogP) is 2.78. The lowest BCUT2D eigenvalue weighted by molar-refractivity contribution is -0.131. The number of amides is 3. The number of benzene rings is 2. The molecule has 0 aromatic heterocycles.